The zero-order chi connectivity index (χ0) is 10.1. The van der Waals surface area contributed by atoms with Crippen LogP contribution in [-0.2, 0) is 4.74 Å². The van der Waals surface area contributed by atoms with Gasteiger partial charge in [0.25, 0.3) is 0 Å². The third-order valence-corrected chi connectivity index (χ3v) is 1.92. The number of ether oxygens (including phenoxy) is 1. The standard InChI is InChI=1S/C7H14N2O2.C2H6/c8-7(10)11-5-6-1-3-9-4-2-6;1-2/h6,9H,1-5H2,(H2,8,10);1-2H3. The maximum Gasteiger partial charge on any atom is 0.404 e. The van der Waals surface area contributed by atoms with Crippen molar-refractivity contribution in [1.82, 2.24) is 5.32 Å². The van der Waals surface area contributed by atoms with Crippen molar-refractivity contribution in [3.05, 3.63) is 0 Å². The van der Waals surface area contributed by atoms with E-state index in [9.17, 15) is 4.79 Å². The van der Waals surface area contributed by atoms with Gasteiger partial charge >= 0.3 is 6.09 Å². The largest absolute Gasteiger partial charge is 0.449 e. The zero-order valence-electron chi connectivity index (χ0n) is 8.51. The topological polar surface area (TPSA) is 64.4 Å². The Kier molecular flexibility index (Phi) is 7.39. The van der Waals surface area contributed by atoms with Gasteiger partial charge in [-0.15, -0.1) is 0 Å². The minimum absolute atomic E-state index is 0.483. The van der Waals surface area contributed by atoms with Gasteiger partial charge in [-0.3, -0.25) is 0 Å². The Morgan fingerprint density at radius 3 is 2.46 bits per heavy atom. The molecular formula is C9H20N2O2. The van der Waals surface area contributed by atoms with E-state index < -0.39 is 6.09 Å². The Bertz CT molecular complexity index is 134. The van der Waals surface area contributed by atoms with Crippen LogP contribution in [0.1, 0.15) is 26.7 Å². The van der Waals surface area contributed by atoms with E-state index in [4.69, 9.17) is 10.5 Å². The highest BCUT2D eigenvalue weighted by molar-refractivity contribution is 5.64. The molecule has 13 heavy (non-hydrogen) atoms. The summed E-state index contributed by atoms with van der Waals surface area (Å²) in [5.74, 6) is 0.503. The predicted molar refractivity (Wildman–Crippen MR) is 52.5 cm³/mol. The molecule has 0 aromatic rings. The van der Waals surface area contributed by atoms with Gasteiger partial charge < -0.3 is 15.8 Å². The van der Waals surface area contributed by atoms with E-state index in [0.717, 1.165) is 25.9 Å². The van der Waals surface area contributed by atoms with E-state index in [1.54, 1.807) is 0 Å². The number of carbonyl (C=O) groups is 1. The van der Waals surface area contributed by atoms with Crippen LogP contribution in [0.4, 0.5) is 4.79 Å². The molecule has 1 rings (SSSR count). The second-order valence-electron chi connectivity index (χ2n) is 2.82. The first-order chi connectivity index (χ1) is 6.29. The molecule has 1 aliphatic heterocycles. The fourth-order valence-electron chi connectivity index (χ4n) is 1.25. The Labute approximate surface area is 79.8 Å². The summed E-state index contributed by atoms with van der Waals surface area (Å²) in [5.41, 5.74) is 4.83. The molecule has 0 aliphatic carbocycles. The van der Waals surface area contributed by atoms with Gasteiger partial charge in [0.15, 0.2) is 0 Å². The summed E-state index contributed by atoms with van der Waals surface area (Å²) in [6.45, 7) is 6.52. The second-order valence-corrected chi connectivity index (χ2v) is 2.82. The van der Waals surface area contributed by atoms with Crippen molar-refractivity contribution in [3.63, 3.8) is 0 Å². The van der Waals surface area contributed by atoms with Crippen molar-refractivity contribution in [2.75, 3.05) is 19.7 Å². The maximum absolute atomic E-state index is 10.2. The molecule has 0 unspecified atom stereocenters. The summed E-state index contributed by atoms with van der Waals surface area (Å²) >= 11 is 0. The monoisotopic (exact) mass is 188 g/mol. The number of amides is 1. The molecule has 0 aromatic carbocycles. The van der Waals surface area contributed by atoms with Crippen LogP contribution in [-0.4, -0.2) is 25.8 Å². The van der Waals surface area contributed by atoms with Crippen molar-refractivity contribution >= 4 is 6.09 Å². The first-order valence-electron chi connectivity index (χ1n) is 4.92. The lowest BCUT2D eigenvalue weighted by Gasteiger charge is -2.21. The van der Waals surface area contributed by atoms with Gasteiger partial charge in [-0.1, -0.05) is 13.8 Å². The van der Waals surface area contributed by atoms with Gasteiger partial charge in [0, 0.05) is 0 Å². The molecule has 1 aliphatic rings. The van der Waals surface area contributed by atoms with Crippen LogP contribution >= 0.6 is 0 Å². The lowest BCUT2D eigenvalue weighted by atomic mass is 9.99. The number of nitrogens with one attached hydrogen (secondary N) is 1. The van der Waals surface area contributed by atoms with Crippen LogP contribution in [0, 0.1) is 5.92 Å². The van der Waals surface area contributed by atoms with Crippen LogP contribution in [0.2, 0.25) is 0 Å². The quantitative estimate of drug-likeness (QED) is 0.682. The van der Waals surface area contributed by atoms with Crippen molar-refractivity contribution in [1.29, 1.82) is 0 Å². The number of primary amides is 1. The fraction of sp³-hybridized carbons (Fsp3) is 0.889. The van der Waals surface area contributed by atoms with Crippen LogP contribution in [0.25, 0.3) is 0 Å². The number of carbonyl (C=O) groups excluding carboxylic acids is 1. The lowest BCUT2D eigenvalue weighted by molar-refractivity contribution is 0.126. The van der Waals surface area contributed by atoms with E-state index in [1.807, 2.05) is 13.8 Å². The normalized spacial score (nSPS) is 17.1. The van der Waals surface area contributed by atoms with Crippen molar-refractivity contribution < 1.29 is 9.53 Å². The molecule has 1 amide bonds. The second kappa shape index (κ2) is 7.86. The third-order valence-electron chi connectivity index (χ3n) is 1.92. The van der Waals surface area contributed by atoms with E-state index in [-0.39, 0.29) is 0 Å². The summed E-state index contributed by atoms with van der Waals surface area (Å²) < 4.78 is 4.69. The van der Waals surface area contributed by atoms with Gasteiger partial charge in [0.05, 0.1) is 6.61 Å². The first-order valence-corrected chi connectivity index (χ1v) is 4.92. The van der Waals surface area contributed by atoms with E-state index in [1.165, 1.54) is 0 Å². The van der Waals surface area contributed by atoms with Crippen molar-refractivity contribution in [3.8, 4) is 0 Å². The van der Waals surface area contributed by atoms with E-state index in [0.29, 0.717) is 12.5 Å². The highest BCUT2D eigenvalue weighted by Crippen LogP contribution is 2.11. The molecule has 1 fully saturated rings. The molecule has 4 nitrogen and oxygen atoms in total. The minimum Gasteiger partial charge on any atom is -0.449 e. The third kappa shape index (κ3) is 6.40. The Balaban J connectivity index is 0.000000671. The minimum atomic E-state index is -0.663. The molecule has 0 aromatic heterocycles. The molecule has 1 saturated heterocycles. The highest BCUT2D eigenvalue weighted by Gasteiger charge is 2.13. The van der Waals surface area contributed by atoms with Crippen LogP contribution in [0.5, 0.6) is 0 Å². The number of nitrogens with two attached hydrogens (primary N) is 1. The van der Waals surface area contributed by atoms with Gasteiger partial charge in [0.1, 0.15) is 0 Å². The van der Waals surface area contributed by atoms with Gasteiger partial charge in [0.2, 0.25) is 0 Å². The molecule has 0 bridgehead atoms. The van der Waals surface area contributed by atoms with Crippen molar-refractivity contribution in [2.45, 2.75) is 26.7 Å². The Hall–Kier alpha value is -0.770. The summed E-state index contributed by atoms with van der Waals surface area (Å²) in [6, 6.07) is 0. The maximum atomic E-state index is 10.2. The van der Waals surface area contributed by atoms with Crippen LogP contribution < -0.4 is 11.1 Å². The highest BCUT2D eigenvalue weighted by atomic mass is 16.5. The smallest absolute Gasteiger partial charge is 0.404 e. The fourth-order valence-corrected chi connectivity index (χ4v) is 1.25. The van der Waals surface area contributed by atoms with Crippen LogP contribution in [0.15, 0.2) is 0 Å². The predicted octanol–water partition coefficient (Wildman–Crippen LogP) is 1.11. The molecular weight excluding hydrogens is 168 g/mol. The molecule has 3 N–H and O–H groups in total. The van der Waals surface area contributed by atoms with E-state index >= 15 is 0 Å². The molecule has 0 atom stereocenters. The average Bonchev–Trinajstić information content (AvgIpc) is 2.19. The summed E-state index contributed by atoms with van der Waals surface area (Å²) in [4.78, 5) is 10.2. The molecule has 1 heterocycles. The Morgan fingerprint density at radius 1 is 1.46 bits per heavy atom. The zero-order valence-corrected chi connectivity index (χ0v) is 8.51. The number of rotatable bonds is 2. The van der Waals surface area contributed by atoms with Crippen molar-refractivity contribution in [2.24, 2.45) is 11.7 Å². The average molecular weight is 188 g/mol. The molecule has 78 valence electrons. The molecule has 0 radical (unpaired) electrons. The lowest BCUT2D eigenvalue weighted by Crippen LogP contribution is -2.31. The molecule has 4 heteroatoms. The molecule has 0 spiro atoms. The van der Waals surface area contributed by atoms with Gasteiger partial charge in [-0.2, -0.15) is 0 Å². The van der Waals surface area contributed by atoms with E-state index in [2.05, 4.69) is 5.32 Å². The summed E-state index contributed by atoms with van der Waals surface area (Å²) in [7, 11) is 0. The summed E-state index contributed by atoms with van der Waals surface area (Å²) in [6.07, 6.45) is 1.49. The van der Waals surface area contributed by atoms with Gasteiger partial charge in [-0.05, 0) is 31.8 Å². The Morgan fingerprint density at radius 2 is 2.00 bits per heavy atom. The number of hydrogen-bond acceptors (Lipinski definition) is 3. The van der Waals surface area contributed by atoms with Crippen LogP contribution in [0.3, 0.4) is 0 Å². The summed E-state index contributed by atoms with van der Waals surface area (Å²) in [5, 5.41) is 3.23. The first kappa shape index (κ1) is 12.2. The number of piperidine rings is 1. The van der Waals surface area contributed by atoms with Gasteiger partial charge in [-0.25, -0.2) is 4.79 Å². The number of hydrogen-bond donors (Lipinski definition) is 2. The SMILES string of the molecule is CC.NC(=O)OCC1CCNCC1. The molecule has 0 saturated carbocycles.